The Morgan fingerprint density at radius 1 is 1.16 bits per heavy atom. The van der Waals surface area contributed by atoms with Crippen LogP contribution in [-0.4, -0.2) is 10.7 Å². The molecule has 1 unspecified atom stereocenters. The summed E-state index contributed by atoms with van der Waals surface area (Å²) in [7, 11) is 0. The van der Waals surface area contributed by atoms with Gasteiger partial charge in [-0.25, -0.2) is 4.98 Å². The van der Waals surface area contributed by atoms with Crippen LogP contribution in [0.4, 0.5) is 5.82 Å². The van der Waals surface area contributed by atoms with E-state index >= 15 is 0 Å². The first-order chi connectivity index (χ1) is 9.09. The van der Waals surface area contributed by atoms with Gasteiger partial charge in [0.15, 0.2) is 0 Å². The van der Waals surface area contributed by atoms with Gasteiger partial charge in [-0.3, -0.25) is 0 Å². The Morgan fingerprint density at radius 2 is 1.89 bits per heavy atom. The lowest BCUT2D eigenvalue weighted by Crippen LogP contribution is -2.17. The fraction of sp³-hybridized carbons (Fsp3) is 0.267. The molecule has 2 rings (SSSR count). The third-order valence-corrected chi connectivity index (χ3v) is 4.42. The molecule has 0 spiro atoms. The van der Waals surface area contributed by atoms with E-state index in [0.29, 0.717) is 5.82 Å². The molecule has 0 aliphatic carbocycles. The molecule has 0 radical (unpaired) electrons. The van der Waals surface area contributed by atoms with Crippen molar-refractivity contribution in [2.24, 2.45) is 5.73 Å². The van der Waals surface area contributed by atoms with E-state index in [1.54, 1.807) is 18.0 Å². The van der Waals surface area contributed by atoms with Crippen molar-refractivity contribution in [3.8, 4) is 0 Å². The monoisotopic (exact) mass is 273 g/mol. The summed E-state index contributed by atoms with van der Waals surface area (Å²) < 4.78 is 0. The molecule has 4 N–H and O–H groups in total. The molecular weight excluding hydrogens is 254 g/mol. The van der Waals surface area contributed by atoms with E-state index < -0.39 is 0 Å². The summed E-state index contributed by atoms with van der Waals surface area (Å²) in [6.45, 7) is 4.13. The van der Waals surface area contributed by atoms with Crippen LogP contribution in [0.5, 0.6) is 0 Å². The van der Waals surface area contributed by atoms with Gasteiger partial charge in [0.25, 0.3) is 0 Å². The van der Waals surface area contributed by atoms with Crippen LogP contribution < -0.4 is 11.5 Å². The molecule has 1 heterocycles. The van der Waals surface area contributed by atoms with Gasteiger partial charge in [0.1, 0.15) is 5.82 Å². The number of hydrogen-bond donors (Lipinski definition) is 2. The number of aryl methyl sites for hydroxylation is 2. The zero-order chi connectivity index (χ0) is 13.8. The summed E-state index contributed by atoms with van der Waals surface area (Å²) >= 11 is 1.76. The predicted octanol–water partition coefficient (Wildman–Crippen LogP) is 3.07. The first-order valence-corrected chi connectivity index (χ1v) is 7.23. The molecule has 19 heavy (non-hydrogen) atoms. The number of aromatic nitrogens is 1. The van der Waals surface area contributed by atoms with Crippen LogP contribution in [0.2, 0.25) is 0 Å². The Bertz CT molecular complexity index is 549. The smallest absolute Gasteiger partial charge is 0.128 e. The maximum atomic E-state index is 6.25. The minimum atomic E-state index is -0.0988. The Balaban J connectivity index is 2.10. The molecule has 100 valence electrons. The lowest BCUT2D eigenvalue weighted by molar-refractivity contribution is 0.819. The Hall–Kier alpha value is -1.52. The fourth-order valence-electron chi connectivity index (χ4n) is 2.05. The molecule has 4 heteroatoms. The van der Waals surface area contributed by atoms with Crippen molar-refractivity contribution in [1.29, 1.82) is 0 Å². The normalized spacial score (nSPS) is 12.4. The molecule has 0 aliphatic rings. The maximum absolute atomic E-state index is 6.25. The van der Waals surface area contributed by atoms with Gasteiger partial charge in [0.05, 0.1) is 0 Å². The van der Waals surface area contributed by atoms with Gasteiger partial charge in [-0.15, -0.1) is 11.8 Å². The van der Waals surface area contributed by atoms with Crippen LogP contribution in [0.1, 0.15) is 22.7 Å². The van der Waals surface area contributed by atoms with E-state index in [0.717, 1.165) is 16.9 Å². The lowest BCUT2D eigenvalue weighted by Gasteiger charge is -2.16. The highest BCUT2D eigenvalue weighted by Gasteiger charge is 2.14. The number of rotatable bonds is 4. The van der Waals surface area contributed by atoms with Crippen molar-refractivity contribution >= 4 is 17.6 Å². The highest BCUT2D eigenvalue weighted by atomic mass is 32.2. The van der Waals surface area contributed by atoms with Gasteiger partial charge in [-0.1, -0.05) is 18.2 Å². The van der Waals surface area contributed by atoms with Gasteiger partial charge >= 0.3 is 0 Å². The summed E-state index contributed by atoms with van der Waals surface area (Å²) in [4.78, 5) is 5.38. The largest absolute Gasteiger partial charge is 0.383 e. The molecule has 0 saturated heterocycles. The molecule has 0 bridgehead atoms. The number of nitrogens with zero attached hydrogens (tertiary/aromatic N) is 1. The number of anilines is 1. The number of nitrogens with two attached hydrogens (primary N) is 2. The van der Waals surface area contributed by atoms with Gasteiger partial charge in [-0.2, -0.15) is 0 Å². The van der Waals surface area contributed by atoms with E-state index in [-0.39, 0.29) is 6.04 Å². The number of hydrogen-bond acceptors (Lipinski definition) is 4. The van der Waals surface area contributed by atoms with Crippen LogP contribution >= 0.6 is 11.8 Å². The van der Waals surface area contributed by atoms with E-state index in [4.69, 9.17) is 11.5 Å². The van der Waals surface area contributed by atoms with E-state index in [1.807, 2.05) is 25.1 Å². The number of benzene rings is 1. The molecule has 0 saturated carbocycles. The summed E-state index contributed by atoms with van der Waals surface area (Å²) in [5, 5.41) is 0. The summed E-state index contributed by atoms with van der Waals surface area (Å²) in [6, 6.07) is 10.2. The van der Waals surface area contributed by atoms with Crippen molar-refractivity contribution in [1.82, 2.24) is 4.98 Å². The van der Waals surface area contributed by atoms with Crippen LogP contribution in [-0.2, 0) is 0 Å². The molecule has 1 atom stereocenters. The minimum Gasteiger partial charge on any atom is -0.383 e. The second-order valence-corrected chi connectivity index (χ2v) is 5.67. The van der Waals surface area contributed by atoms with Crippen molar-refractivity contribution in [3.63, 3.8) is 0 Å². The molecule has 3 nitrogen and oxygen atoms in total. The molecule has 0 fully saturated rings. The number of nitrogen functional groups attached to an aromatic ring is 1. The van der Waals surface area contributed by atoms with E-state index in [1.165, 1.54) is 10.5 Å². The second-order valence-electron chi connectivity index (χ2n) is 4.61. The van der Waals surface area contributed by atoms with E-state index in [2.05, 4.69) is 24.0 Å². The molecular formula is C15H19N3S. The third-order valence-electron chi connectivity index (χ3n) is 3.12. The molecule has 0 aliphatic heterocycles. The third kappa shape index (κ3) is 3.28. The molecule has 0 amide bonds. The van der Waals surface area contributed by atoms with Crippen LogP contribution in [0.3, 0.4) is 0 Å². The fourth-order valence-corrected chi connectivity index (χ4v) is 3.05. The Morgan fingerprint density at radius 3 is 2.58 bits per heavy atom. The number of thioether (sulfide) groups is 1. The zero-order valence-electron chi connectivity index (χ0n) is 11.3. The lowest BCUT2D eigenvalue weighted by atomic mass is 10.1. The Labute approximate surface area is 118 Å². The second kappa shape index (κ2) is 6.08. The average Bonchev–Trinajstić information content (AvgIpc) is 2.37. The highest BCUT2D eigenvalue weighted by molar-refractivity contribution is 7.99. The Kier molecular flexibility index (Phi) is 4.45. The molecule has 1 aromatic heterocycles. The molecule has 2 aromatic rings. The summed E-state index contributed by atoms with van der Waals surface area (Å²) in [5.41, 5.74) is 15.5. The van der Waals surface area contributed by atoms with Gasteiger partial charge in [0, 0.05) is 28.5 Å². The predicted molar refractivity (Wildman–Crippen MR) is 82.2 cm³/mol. The molecule has 1 aromatic carbocycles. The van der Waals surface area contributed by atoms with Crippen LogP contribution in [0, 0.1) is 13.8 Å². The standard InChI is InChI=1S/C15H19N3S/c1-10-5-3-4-6-13(10)19-9-12(16)14-11(2)7-8-18-15(14)17/h3-8,12H,9,16H2,1-2H3,(H2,17,18). The SMILES string of the molecule is Cc1ccccc1SCC(N)c1c(C)ccnc1N. The zero-order valence-corrected chi connectivity index (χ0v) is 12.1. The highest BCUT2D eigenvalue weighted by Crippen LogP contribution is 2.28. The number of pyridine rings is 1. The summed E-state index contributed by atoms with van der Waals surface area (Å²) in [5.74, 6) is 1.33. The van der Waals surface area contributed by atoms with Gasteiger partial charge in [-0.05, 0) is 37.1 Å². The van der Waals surface area contributed by atoms with Crippen LogP contribution in [0.15, 0.2) is 41.4 Å². The van der Waals surface area contributed by atoms with Gasteiger partial charge < -0.3 is 11.5 Å². The summed E-state index contributed by atoms with van der Waals surface area (Å²) in [6.07, 6.45) is 1.72. The minimum absolute atomic E-state index is 0.0988. The maximum Gasteiger partial charge on any atom is 0.128 e. The average molecular weight is 273 g/mol. The van der Waals surface area contributed by atoms with Crippen molar-refractivity contribution in [2.45, 2.75) is 24.8 Å². The van der Waals surface area contributed by atoms with Crippen molar-refractivity contribution in [3.05, 3.63) is 53.2 Å². The van der Waals surface area contributed by atoms with Crippen molar-refractivity contribution < 1.29 is 0 Å². The van der Waals surface area contributed by atoms with Crippen LogP contribution in [0.25, 0.3) is 0 Å². The van der Waals surface area contributed by atoms with Crippen molar-refractivity contribution in [2.75, 3.05) is 11.5 Å². The topological polar surface area (TPSA) is 64.9 Å². The van der Waals surface area contributed by atoms with Gasteiger partial charge in [0.2, 0.25) is 0 Å². The van der Waals surface area contributed by atoms with E-state index in [9.17, 15) is 0 Å². The first kappa shape index (κ1) is 13.9. The quantitative estimate of drug-likeness (QED) is 0.840. The first-order valence-electron chi connectivity index (χ1n) is 6.24.